The van der Waals surface area contributed by atoms with Gasteiger partial charge in [0.15, 0.2) is 0 Å². The molecule has 1 aromatic heterocycles. The van der Waals surface area contributed by atoms with Crippen molar-refractivity contribution in [3.8, 4) is 0 Å². The second kappa shape index (κ2) is 6.39. The lowest BCUT2D eigenvalue weighted by atomic mass is 10.1. The fourth-order valence-corrected chi connectivity index (χ4v) is 3.31. The molecular weight excluding hydrogens is 250 g/mol. The van der Waals surface area contributed by atoms with Crippen molar-refractivity contribution in [2.75, 3.05) is 42.9 Å². The minimum absolute atomic E-state index is 0.708. The summed E-state index contributed by atoms with van der Waals surface area (Å²) >= 11 is 0. The summed E-state index contributed by atoms with van der Waals surface area (Å²) in [6, 6.07) is 0.708. The minimum atomic E-state index is 0.708. The first-order valence-electron chi connectivity index (χ1n) is 7.91. The molecule has 3 rings (SSSR count). The number of aromatic nitrogens is 2. The van der Waals surface area contributed by atoms with Crippen LogP contribution in [0.25, 0.3) is 0 Å². The second-order valence-corrected chi connectivity index (χ2v) is 5.78. The van der Waals surface area contributed by atoms with E-state index in [4.69, 9.17) is 0 Å². The van der Waals surface area contributed by atoms with Gasteiger partial charge in [-0.15, -0.1) is 0 Å². The van der Waals surface area contributed by atoms with E-state index >= 15 is 0 Å². The summed E-state index contributed by atoms with van der Waals surface area (Å²) in [5.41, 5.74) is 0. The highest BCUT2D eigenvalue weighted by atomic mass is 15.3. The summed E-state index contributed by atoms with van der Waals surface area (Å²) < 4.78 is 0. The highest BCUT2D eigenvalue weighted by Crippen LogP contribution is 2.24. The Morgan fingerprint density at radius 2 is 2.05 bits per heavy atom. The quantitative estimate of drug-likeness (QED) is 0.910. The maximum atomic E-state index is 4.66. The second-order valence-electron chi connectivity index (χ2n) is 5.78. The van der Waals surface area contributed by atoms with Gasteiger partial charge in [0.25, 0.3) is 0 Å². The molecule has 0 spiro atoms. The van der Waals surface area contributed by atoms with Crippen LogP contribution in [0.3, 0.4) is 0 Å². The van der Waals surface area contributed by atoms with Crippen molar-refractivity contribution >= 4 is 11.6 Å². The number of likely N-dealkylation sites (tertiary alicyclic amines) is 1. The van der Waals surface area contributed by atoms with Gasteiger partial charge in [0.2, 0.25) is 0 Å². The van der Waals surface area contributed by atoms with E-state index in [-0.39, 0.29) is 0 Å². The Morgan fingerprint density at radius 3 is 2.85 bits per heavy atom. The van der Waals surface area contributed by atoms with Gasteiger partial charge in [0.1, 0.15) is 11.6 Å². The first-order chi connectivity index (χ1) is 9.86. The Kier molecular flexibility index (Phi) is 4.35. The zero-order chi connectivity index (χ0) is 13.8. The predicted molar refractivity (Wildman–Crippen MR) is 82.2 cm³/mol. The van der Waals surface area contributed by atoms with Crippen molar-refractivity contribution in [2.24, 2.45) is 0 Å². The zero-order valence-electron chi connectivity index (χ0n) is 12.4. The summed E-state index contributed by atoms with van der Waals surface area (Å²) in [5.74, 6) is 1.90. The lowest BCUT2D eigenvalue weighted by molar-refractivity contribution is 0.175. The molecule has 1 atom stereocenters. The molecule has 20 heavy (non-hydrogen) atoms. The highest BCUT2D eigenvalue weighted by molar-refractivity contribution is 5.44. The maximum absolute atomic E-state index is 4.66. The average molecular weight is 275 g/mol. The van der Waals surface area contributed by atoms with Gasteiger partial charge in [-0.05, 0) is 39.3 Å². The van der Waals surface area contributed by atoms with Crippen LogP contribution in [-0.4, -0.2) is 53.6 Å². The number of anilines is 2. The van der Waals surface area contributed by atoms with Crippen LogP contribution in [0, 0.1) is 0 Å². The largest absolute Gasteiger partial charge is 0.369 e. The van der Waals surface area contributed by atoms with E-state index in [1.807, 2.05) is 6.20 Å². The predicted octanol–water partition coefficient (Wildman–Crippen LogP) is 1.97. The summed E-state index contributed by atoms with van der Waals surface area (Å²) in [7, 11) is 0. The van der Waals surface area contributed by atoms with Gasteiger partial charge in [-0.1, -0.05) is 6.42 Å². The molecule has 2 aliphatic rings. The molecule has 110 valence electrons. The van der Waals surface area contributed by atoms with E-state index < -0.39 is 0 Å². The third-order valence-electron chi connectivity index (χ3n) is 4.37. The fourth-order valence-electron chi connectivity index (χ4n) is 3.31. The van der Waals surface area contributed by atoms with Crippen LogP contribution >= 0.6 is 0 Å². The van der Waals surface area contributed by atoms with Gasteiger partial charge in [0, 0.05) is 25.7 Å². The topological polar surface area (TPSA) is 44.3 Å². The first kappa shape index (κ1) is 13.6. The number of hydrogen-bond donors (Lipinski definition) is 1. The molecule has 1 unspecified atom stereocenters. The number of hydrogen-bond acceptors (Lipinski definition) is 5. The molecule has 1 N–H and O–H groups in total. The van der Waals surface area contributed by atoms with Gasteiger partial charge in [-0.2, -0.15) is 0 Å². The zero-order valence-corrected chi connectivity index (χ0v) is 12.4. The molecule has 5 heteroatoms. The molecule has 0 aliphatic carbocycles. The third kappa shape index (κ3) is 3.03. The first-order valence-corrected chi connectivity index (χ1v) is 7.91. The van der Waals surface area contributed by atoms with Crippen LogP contribution in [0.2, 0.25) is 0 Å². The summed E-state index contributed by atoms with van der Waals surface area (Å²) in [6.45, 7) is 7.73. The molecule has 2 aliphatic heterocycles. The van der Waals surface area contributed by atoms with Crippen LogP contribution in [0.5, 0.6) is 0 Å². The van der Waals surface area contributed by atoms with E-state index in [0.717, 1.165) is 31.3 Å². The van der Waals surface area contributed by atoms with Gasteiger partial charge in [0.05, 0.1) is 12.4 Å². The van der Waals surface area contributed by atoms with Crippen molar-refractivity contribution in [1.82, 2.24) is 14.9 Å². The smallest absolute Gasteiger partial charge is 0.149 e. The van der Waals surface area contributed by atoms with Gasteiger partial charge in [-0.3, -0.25) is 9.88 Å². The van der Waals surface area contributed by atoms with E-state index in [2.05, 4.69) is 32.0 Å². The molecule has 0 saturated carbocycles. The Hall–Kier alpha value is -1.36. The normalized spacial score (nSPS) is 24.1. The number of piperidine rings is 1. The van der Waals surface area contributed by atoms with Crippen molar-refractivity contribution in [2.45, 2.75) is 38.6 Å². The summed E-state index contributed by atoms with van der Waals surface area (Å²) in [6.07, 6.45) is 9.08. The van der Waals surface area contributed by atoms with Crippen molar-refractivity contribution in [3.05, 3.63) is 12.4 Å². The molecular formula is C15H25N5. The monoisotopic (exact) mass is 275 g/mol. The number of rotatable bonds is 4. The van der Waals surface area contributed by atoms with Gasteiger partial charge in [-0.25, -0.2) is 4.98 Å². The third-order valence-corrected chi connectivity index (χ3v) is 4.37. The van der Waals surface area contributed by atoms with Crippen LogP contribution in [0.1, 0.15) is 32.6 Å². The fraction of sp³-hybridized carbons (Fsp3) is 0.733. The van der Waals surface area contributed by atoms with Gasteiger partial charge < -0.3 is 10.2 Å². The standard InChI is InChI=1S/C15H25N5/c1-2-17-14-10-16-11-15(18-14)20-9-6-13(12-20)19-7-4-3-5-8-19/h10-11,13H,2-9,12H2,1H3,(H,17,18). The number of nitrogens with one attached hydrogen (secondary N) is 1. The molecule has 0 aromatic carbocycles. The molecule has 2 saturated heterocycles. The minimum Gasteiger partial charge on any atom is -0.369 e. The Labute approximate surface area is 121 Å². The summed E-state index contributed by atoms with van der Waals surface area (Å²) in [5, 5.41) is 3.24. The highest BCUT2D eigenvalue weighted by Gasteiger charge is 2.29. The number of nitrogens with zero attached hydrogens (tertiary/aromatic N) is 4. The van der Waals surface area contributed by atoms with Crippen LogP contribution in [-0.2, 0) is 0 Å². The molecule has 0 amide bonds. The Balaban J connectivity index is 1.62. The van der Waals surface area contributed by atoms with Crippen LogP contribution in [0.4, 0.5) is 11.6 Å². The molecule has 3 heterocycles. The molecule has 5 nitrogen and oxygen atoms in total. The van der Waals surface area contributed by atoms with Crippen molar-refractivity contribution in [1.29, 1.82) is 0 Å². The lowest BCUT2D eigenvalue weighted by Gasteiger charge is -2.32. The lowest BCUT2D eigenvalue weighted by Crippen LogP contribution is -2.41. The molecule has 2 fully saturated rings. The Bertz CT molecular complexity index is 430. The Morgan fingerprint density at radius 1 is 1.20 bits per heavy atom. The SMILES string of the molecule is CCNc1cncc(N2CCC(N3CCCCC3)C2)n1. The summed E-state index contributed by atoms with van der Waals surface area (Å²) in [4.78, 5) is 14.0. The maximum Gasteiger partial charge on any atom is 0.149 e. The van der Waals surface area contributed by atoms with E-state index in [1.165, 1.54) is 38.8 Å². The van der Waals surface area contributed by atoms with Crippen LogP contribution in [0.15, 0.2) is 12.4 Å². The van der Waals surface area contributed by atoms with E-state index in [9.17, 15) is 0 Å². The van der Waals surface area contributed by atoms with Crippen molar-refractivity contribution < 1.29 is 0 Å². The molecule has 1 aromatic rings. The van der Waals surface area contributed by atoms with E-state index in [1.54, 1.807) is 6.20 Å². The van der Waals surface area contributed by atoms with Gasteiger partial charge >= 0.3 is 0 Å². The molecule has 0 bridgehead atoms. The average Bonchev–Trinajstić information content (AvgIpc) is 2.99. The van der Waals surface area contributed by atoms with Crippen LogP contribution < -0.4 is 10.2 Å². The van der Waals surface area contributed by atoms with E-state index in [0.29, 0.717) is 6.04 Å². The van der Waals surface area contributed by atoms with Crippen molar-refractivity contribution in [3.63, 3.8) is 0 Å². The molecule has 0 radical (unpaired) electrons.